The monoisotopic (exact) mass is 842 g/mol. The van der Waals surface area contributed by atoms with Crippen LogP contribution in [0.4, 0.5) is 22.7 Å². The van der Waals surface area contributed by atoms with E-state index in [9.17, 15) is 0 Å². The maximum absolute atomic E-state index is 6.85. The maximum Gasteiger partial charge on any atom is 0.0815 e. The van der Waals surface area contributed by atoms with E-state index >= 15 is 0 Å². The van der Waals surface area contributed by atoms with Crippen molar-refractivity contribution in [1.29, 1.82) is 0 Å². The summed E-state index contributed by atoms with van der Waals surface area (Å²) < 4.78 is 0. The van der Waals surface area contributed by atoms with Crippen LogP contribution >= 0.6 is 0 Å². The van der Waals surface area contributed by atoms with Crippen molar-refractivity contribution in [1.82, 2.24) is 19.9 Å². The molecule has 8 heteroatoms. The average Bonchev–Trinajstić information content (AvgIpc) is 4.08. The van der Waals surface area contributed by atoms with Crippen LogP contribution in [0, 0.1) is 83.1 Å². The summed E-state index contributed by atoms with van der Waals surface area (Å²) in [6.07, 6.45) is 6.37. The van der Waals surface area contributed by atoms with Crippen LogP contribution in [0.5, 0.6) is 0 Å². The Morgan fingerprint density at radius 3 is 1.30 bits per heavy atom. The number of fused-ring (bicyclic) bond motifs is 8. The minimum absolute atomic E-state index is 0.781. The predicted molar refractivity (Wildman–Crippen MR) is 274 cm³/mol. The molecule has 322 valence electrons. The fourth-order valence-electron chi connectivity index (χ4n) is 9.74. The third-order valence-electron chi connectivity index (χ3n) is 14.3. The lowest BCUT2D eigenvalue weighted by molar-refractivity contribution is 1.26. The standard InChI is InChI=1S/C56H58N8/c1-25-17-42(29(5)33(9)51(25)57)46-23-41-22-39-14-13-37(61-39)21-38-15-16-40(62-38)24-47-48(43-18-26(2)52(58)34(10)30(43)6)49(44-19-27(3)53(59)35(11)31(44)7)56(64-47)50(55(46)63-41)45-20-28(4)54(60)36(12)32(45)8/h13-24,61,64H,57-60H2,1-12H3. The first kappa shape index (κ1) is 42.0. The number of hydrogen-bond donors (Lipinski definition) is 6. The molecule has 4 aromatic carbocycles. The van der Waals surface area contributed by atoms with Crippen molar-refractivity contribution >= 4 is 68.6 Å². The van der Waals surface area contributed by atoms with Crippen LogP contribution in [0.2, 0.25) is 0 Å². The molecule has 8 nitrogen and oxygen atoms in total. The van der Waals surface area contributed by atoms with Crippen molar-refractivity contribution in [3.8, 4) is 33.4 Å². The van der Waals surface area contributed by atoms with E-state index in [2.05, 4.69) is 166 Å². The van der Waals surface area contributed by atoms with E-state index in [0.29, 0.717) is 0 Å². The second kappa shape index (κ2) is 15.2. The first-order chi connectivity index (χ1) is 30.3. The summed E-state index contributed by atoms with van der Waals surface area (Å²) in [4.78, 5) is 18.6. The third-order valence-corrected chi connectivity index (χ3v) is 14.3. The van der Waals surface area contributed by atoms with Crippen LogP contribution in [-0.4, -0.2) is 19.9 Å². The summed E-state index contributed by atoms with van der Waals surface area (Å²) in [5.41, 5.74) is 58.3. The van der Waals surface area contributed by atoms with E-state index in [1.807, 2.05) is 0 Å². The van der Waals surface area contributed by atoms with Crippen LogP contribution in [0.3, 0.4) is 0 Å². The van der Waals surface area contributed by atoms with Crippen LogP contribution in [0.15, 0.2) is 54.6 Å². The summed E-state index contributed by atoms with van der Waals surface area (Å²) in [6, 6.07) is 19.5. The van der Waals surface area contributed by atoms with Gasteiger partial charge in [-0.1, -0.05) is 0 Å². The summed E-state index contributed by atoms with van der Waals surface area (Å²) in [7, 11) is 0. The highest BCUT2D eigenvalue weighted by atomic mass is 14.8. The molecule has 0 atom stereocenters. The number of anilines is 4. The zero-order valence-corrected chi connectivity index (χ0v) is 39.1. The number of nitrogens with zero attached hydrogens (tertiary/aromatic N) is 2. The Morgan fingerprint density at radius 2 is 0.797 bits per heavy atom. The number of nitrogens with one attached hydrogen (secondary N) is 2. The van der Waals surface area contributed by atoms with Crippen molar-refractivity contribution in [2.75, 3.05) is 22.9 Å². The van der Waals surface area contributed by atoms with E-state index in [-0.39, 0.29) is 0 Å². The molecular formula is C56H58N8. The van der Waals surface area contributed by atoms with Gasteiger partial charge >= 0.3 is 0 Å². The molecule has 0 radical (unpaired) electrons. The van der Waals surface area contributed by atoms with Gasteiger partial charge in [-0.15, -0.1) is 0 Å². The number of H-pyrrole nitrogens is 2. The van der Waals surface area contributed by atoms with Crippen molar-refractivity contribution in [2.24, 2.45) is 0 Å². The first-order valence-electron chi connectivity index (χ1n) is 22.0. The Bertz CT molecular complexity index is 3440. The molecular weight excluding hydrogens is 785 g/mol. The van der Waals surface area contributed by atoms with Gasteiger partial charge in [0.1, 0.15) is 0 Å². The summed E-state index contributed by atoms with van der Waals surface area (Å²) in [5, 5.41) is 0. The smallest absolute Gasteiger partial charge is 0.0815 e. The topological polar surface area (TPSA) is 161 Å². The lowest BCUT2D eigenvalue weighted by Gasteiger charge is -2.21. The molecule has 64 heavy (non-hydrogen) atoms. The number of hydrogen-bond acceptors (Lipinski definition) is 6. The lowest BCUT2D eigenvalue weighted by Crippen LogP contribution is -2.03. The van der Waals surface area contributed by atoms with E-state index in [4.69, 9.17) is 32.9 Å². The largest absolute Gasteiger partial charge is 0.398 e. The van der Waals surface area contributed by atoms with Crippen LogP contribution in [-0.2, 0) is 0 Å². The normalized spacial score (nSPS) is 12.3. The number of aromatic amines is 2. The second-order valence-electron chi connectivity index (χ2n) is 18.2. The van der Waals surface area contributed by atoms with Gasteiger partial charge in [0.05, 0.1) is 28.3 Å². The average molecular weight is 843 g/mol. The lowest BCUT2D eigenvalue weighted by atomic mass is 9.83. The van der Waals surface area contributed by atoms with Gasteiger partial charge in [0.2, 0.25) is 0 Å². The third kappa shape index (κ3) is 6.59. The fraction of sp³-hybridized carbons (Fsp3) is 0.214. The van der Waals surface area contributed by atoms with Crippen LogP contribution < -0.4 is 22.9 Å². The number of rotatable bonds is 4. The summed E-state index contributed by atoms with van der Waals surface area (Å²) in [6.45, 7) is 25.5. The minimum Gasteiger partial charge on any atom is -0.398 e. The molecule has 5 heterocycles. The highest BCUT2D eigenvalue weighted by Gasteiger charge is 2.29. The number of nitrogens with two attached hydrogens (primary N) is 4. The quantitative estimate of drug-likeness (QED) is 0.0967. The van der Waals surface area contributed by atoms with Gasteiger partial charge in [-0.3, -0.25) is 0 Å². The Balaban J connectivity index is 1.64. The van der Waals surface area contributed by atoms with Gasteiger partial charge in [-0.2, -0.15) is 0 Å². The molecule has 8 bridgehead atoms. The van der Waals surface area contributed by atoms with Crippen LogP contribution in [0.25, 0.3) is 79.2 Å². The Morgan fingerprint density at radius 1 is 0.391 bits per heavy atom. The van der Waals surface area contributed by atoms with Crippen LogP contribution in [0.1, 0.15) is 95.1 Å². The van der Waals surface area contributed by atoms with Gasteiger partial charge in [-0.25, -0.2) is 9.97 Å². The van der Waals surface area contributed by atoms with Crippen molar-refractivity contribution < 1.29 is 0 Å². The number of nitrogen functional groups attached to an aromatic ring is 4. The van der Waals surface area contributed by atoms with E-state index in [1.54, 1.807) is 0 Å². The molecule has 3 aromatic heterocycles. The van der Waals surface area contributed by atoms with Crippen molar-refractivity contribution in [2.45, 2.75) is 83.1 Å². The molecule has 10 N–H and O–H groups in total. The van der Waals surface area contributed by atoms with Crippen molar-refractivity contribution in [3.63, 3.8) is 0 Å². The molecule has 0 fully saturated rings. The van der Waals surface area contributed by atoms with E-state index < -0.39 is 0 Å². The van der Waals surface area contributed by atoms with Crippen molar-refractivity contribution in [3.05, 3.63) is 150 Å². The van der Waals surface area contributed by atoms with E-state index in [1.165, 1.54) is 0 Å². The summed E-state index contributed by atoms with van der Waals surface area (Å²) in [5.74, 6) is 0. The predicted octanol–water partition coefficient (Wildman–Crippen LogP) is 13.1. The molecule has 0 amide bonds. The number of aromatic nitrogens is 4. The Labute approximate surface area is 376 Å². The zero-order valence-electron chi connectivity index (χ0n) is 39.1. The molecule has 2 aliphatic rings. The Hall–Kier alpha value is -7.32. The molecule has 7 aromatic rings. The van der Waals surface area contributed by atoms with Gasteiger partial charge in [0.25, 0.3) is 0 Å². The van der Waals surface area contributed by atoms with Gasteiger partial charge < -0.3 is 32.9 Å². The zero-order chi connectivity index (χ0) is 45.8. The maximum atomic E-state index is 6.85. The molecule has 9 rings (SSSR count). The molecule has 0 saturated carbocycles. The Kier molecular flexibility index (Phi) is 9.97. The molecule has 0 saturated heterocycles. The first-order valence-corrected chi connectivity index (χ1v) is 22.0. The molecule has 2 aliphatic heterocycles. The SMILES string of the molecule is Cc1cc(C2=Cc3cc4ccc(cc5nc(cc6[nH]c(c(-c7cc(C)c(N)c(C)c7C)c2n3)c(-c2cc(C)c(N)c(C)c2C)c6-c2cc(C)c(N)c(C)c2C)C=C5)[nH]4)c(C)c(C)c1N. The number of aryl methyl sites for hydroxylation is 4. The van der Waals surface area contributed by atoms with Gasteiger partial charge in [0.15, 0.2) is 0 Å². The molecule has 0 unspecified atom stereocenters. The van der Waals surface area contributed by atoms with Gasteiger partial charge in [0, 0.05) is 61.6 Å². The summed E-state index contributed by atoms with van der Waals surface area (Å²) >= 11 is 0. The second-order valence-corrected chi connectivity index (χ2v) is 18.2. The van der Waals surface area contributed by atoms with Gasteiger partial charge in [-0.05, 0) is 245 Å². The highest BCUT2D eigenvalue weighted by molar-refractivity contribution is 6.12. The minimum atomic E-state index is 0.781. The van der Waals surface area contributed by atoms with E-state index in [0.717, 1.165) is 179 Å². The fourth-order valence-corrected chi connectivity index (χ4v) is 9.74. The highest BCUT2D eigenvalue weighted by Crippen LogP contribution is 2.50. The molecule has 0 aliphatic carbocycles. The molecule has 0 spiro atoms. The number of benzene rings is 4.